The standard InChI is InChI=1S/C16H18INOS/c1-2-18-16(12-9-15(17)20-10-12)11-4-3-5-14(8-11)19-13-6-7-13/h3-5,8-10,13,16,18H,2,6-7H2,1H3. The molecule has 3 rings (SSSR count). The fourth-order valence-corrected chi connectivity index (χ4v) is 3.65. The summed E-state index contributed by atoms with van der Waals surface area (Å²) in [7, 11) is 0. The first kappa shape index (κ1) is 14.4. The van der Waals surface area contributed by atoms with Crippen LogP contribution in [0.1, 0.15) is 36.9 Å². The number of thiophene rings is 1. The highest BCUT2D eigenvalue weighted by molar-refractivity contribution is 14.1. The highest BCUT2D eigenvalue weighted by Crippen LogP contribution is 2.31. The summed E-state index contributed by atoms with van der Waals surface area (Å²) in [4.78, 5) is 0. The van der Waals surface area contributed by atoms with Crippen molar-refractivity contribution < 1.29 is 4.74 Å². The lowest BCUT2D eigenvalue weighted by molar-refractivity contribution is 0.302. The molecule has 0 amide bonds. The van der Waals surface area contributed by atoms with E-state index in [2.05, 4.69) is 70.5 Å². The molecule has 1 unspecified atom stereocenters. The summed E-state index contributed by atoms with van der Waals surface area (Å²) in [6.45, 7) is 3.10. The molecule has 0 spiro atoms. The summed E-state index contributed by atoms with van der Waals surface area (Å²) in [5.74, 6) is 0.998. The van der Waals surface area contributed by atoms with Gasteiger partial charge >= 0.3 is 0 Å². The highest BCUT2D eigenvalue weighted by atomic mass is 127. The van der Waals surface area contributed by atoms with Gasteiger partial charge in [0.1, 0.15) is 5.75 Å². The molecule has 0 aliphatic heterocycles. The van der Waals surface area contributed by atoms with Crippen molar-refractivity contribution in [3.8, 4) is 5.75 Å². The Balaban J connectivity index is 1.86. The van der Waals surface area contributed by atoms with Crippen molar-refractivity contribution >= 4 is 33.9 Å². The van der Waals surface area contributed by atoms with Crippen molar-refractivity contribution in [1.82, 2.24) is 5.32 Å². The molecule has 1 aliphatic carbocycles. The lowest BCUT2D eigenvalue weighted by Crippen LogP contribution is -2.21. The summed E-state index contributed by atoms with van der Waals surface area (Å²) in [6.07, 6.45) is 2.85. The predicted molar refractivity (Wildman–Crippen MR) is 92.6 cm³/mol. The smallest absolute Gasteiger partial charge is 0.120 e. The second-order valence-corrected chi connectivity index (χ2v) is 7.87. The Labute approximate surface area is 137 Å². The lowest BCUT2D eigenvalue weighted by atomic mass is 10.0. The zero-order valence-corrected chi connectivity index (χ0v) is 14.4. The Kier molecular flexibility index (Phi) is 4.63. The van der Waals surface area contributed by atoms with E-state index in [9.17, 15) is 0 Å². The van der Waals surface area contributed by atoms with Gasteiger partial charge in [-0.1, -0.05) is 19.1 Å². The van der Waals surface area contributed by atoms with Crippen LogP contribution in [0.5, 0.6) is 5.75 Å². The van der Waals surface area contributed by atoms with Gasteiger partial charge in [-0.25, -0.2) is 0 Å². The van der Waals surface area contributed by atoms with Crippen molar-refractivity contribution in [2.24, 2.45) is 0 Å². The molecule has 1 heterocycles. The normalized spacial score (nSPS) is 16.1. The molecule has 1 saturated carbocycles. The summed E-state index contributed by atoms with van der Waals surface area (Å²) in [5, 5.41) is 5.81. The largest absolute Gasteiger partial charge is 0.490 e. The van der Waals surface area contributed by atoms with E-state index in [1.165, 1.54) is 26.9 Å². The Morgan fingerprint density at radius 2 is 2.20 bits per heavy atom. The number of ether oxygens (including phenoxy) is 1. The maximum atomic E-state index is 5.91. The van der Waals surface area contributed by atoms with Gasteiger partial charge in [-0.15, -0.1) is 11.3 Å². The minimum absolute atomic E-state index is 0.252. The van der Waals surface area contributed by atoms with Gasteiger partial charge in [0.25, 0.3) is 0 Å². The number of benzene rings is 1. The number of rotatable bonds is 6. The minimum Gasteiger partial charge on any atom is -0.490 e. The Bertz CT molecular complexity index is 579. The molecule has 1 N–H and O–H groups in total. The molecule has 1 aliphatic rings. The van der Waals surface area contributed by atoms with E-state index in [0.29, 0.717) is 6.10 Å². The summed E-state index contributed by atoms with van der Waals surface area (Å²) in [5.41, 5.74) is 2.61. The number of halogens is 1. The third kappa shape index (κ3) is 3.54. The zero-order valence-electron chi connectivity index (χ0n) is 11.4. The molecule has 0 saturated heterocycles. The van der Waals surface area contributed by atoms with E-state index >= 15 is 0 Å². The first-order chi connectivity index (χ1) is 9.76. The van der Waals surface area contributed by atoms with Crippen molar-refractivity contribution in [2.45, 2.75) is 31.9 Å². The van der Waals surface area contributed by atoms with Gasteiger partial charge in [0, 0.05) is 0 Å². The summed E-state index contributed by atoms with van der Waals surface area (Å²) in [6, 6.07) is 11.0. The molecule has 1 aromatic carbocycles. The second-order valence-electron chi connectivity index (χ2n) is 5.06. The summed E-state index contributed by atoms with van der Waals surface area (Å²) < 4.78 is 7.23. The predicted octanol–water partition coefficient (Wildman–Crippen LogP) is 4.59. The topological polar surface area (TPSA) is 21.3 Å². The lowest BCUT2D eigenvalue weighted by Gasteiger charge is -2.18. The molecule has 1 aromatic heterocycles. The third-order valence-corrected chi connectivity index (χ3v) is 5.16. The maximum absolute atomic E-state index is 5.91. The van der Waals surface area contributed by atoms with Crippen molar-refractivity contribution in [3.05, 3.63) is 49.7 Å². The van der Waals surface area contributed by atoms with Gasteiger partial charge in [-0.2, -0.15) is 0 Å². The van der Waals surface area contributed by atoms with Crippen LogP contribution in [0, 0.1) is 2.88 Å². The SMILES string of the molecule is CCNC(c1cccc(OC2CC2)c1)c1csc(I)c1. The zero-order chi connectivity index (χ0) is 13.9. The van der Waals surface area contributed by atoms with E-state index in [1.807, 2.05) is 0 Å². The van der Waals surface area contributed by atoms with Crippen LogP contribution in [0.3, 0.4) is 0 Å². The quantitative estimate of drug-likeness (QED) is 0.718. The fraction of sp³-hybridized carbons (Fsp3) is 0.375. The number of hydrogen-bond acceptors (Lipinski definition) is 3. The van der Waals surface area contributed by atoms with Gasteiger partial charge in [0.05, 0.1) is 15.0 Å². The Morgan fingerprint density at radius 3 is 2.85 bits per heavy atom. The average molecular weight is 399 g/mol. The monoisotopic (exact) mass is 399 g/mol. The first-order valence-electron chi connectivity index (χ1n) is 7.00. The first-order valence-corrected chi connectivity index (χ1v) is 8.96. The third-order valence-electron chi connectivity index (χ3n) is 3.35. The van der Waals surface area contributed by atoms with Crippen LogP contribution in [0.15, 0.2) is 35.7 Å². The maximum Gasteiger partial charge on any atom is 0.120 e. The molecule has 2 nitrogen and oxygen atoms in total. The van der Waals surface area contributed by atoms with Crippen LogP contribution in [0.4, 0.5) is 0 Å². The molecule has 4 heteroatoms. The van der Waals surface area contributed by atoms with Crippen LogP contribution in [0.25, 0.3) is 0 Å². The van der Waals surface area contributed by atoms with Crippen LogP contribution in [-0.4, -0.2) is 12.6 Å². The van der Waals surface area contributed by atoms with Gasteiger partial charge in [-0.3, -0.25) is 0 Å². The molecular formula is C16H18INOS. The van der Waals surface area contributed by atoms with E-state index < -0.39 is 0 Å². The van der Waals surface area contributed by atoms with Gasteiger partial charge in [0.2, 0.25) is 0 Å². The molecule has 0 radical (unpaired) electrons. The molecule has 106 valence electrons. The van der Waals surface area contributed by atoms with E-state index in [0.717, 1.165) is 12.3 Å². The Morgan fingerprint density at radius 1 is 1.35 bits per heavy atom. The molecule has 1 fully saturated rings. The fourth-order valence-electron chi connectivity index (χ4n) is 2.25. The van der Waals surface area contributed by atoms with Crippen molar-refractivity contribution in [1.29, 1.82) is 0 Å². The molecule has 20 heavy (non-hydrogen) atoms. The van der Waals surface area contributed by atoms with Crippen molar-refractivity contribution in [2.75, 3.05) is 6.54 Å². The Hall–Kier alpha value is -0.590. The number of nitrogens with one attached hydrogen (secondary N) is 1. The van der Waals surface area contributed by atoms with E-state index in [1.54, 1.807) is 11.3 Å². The van der Waals surface area contributed by atoms with Crippen LogP contribution in [-0.2, 0) is 0 Å². The van der Waals surface area contributed by atoms with Crippen LogP contribution < -0.4 is 10.1 Å². The molecule has 1 atom stereocenters. The minimum atomic E-state index is 0.252. The molecule has 0 bridgehead atoms. The number of hydrogen-bond donors (Lipinski definition) is 1. The highest BCUT2D eigenvalue weighted by Gasteiger charge is 2.24. The average Bonchev–Trinajstić information content (AvgIpc) is 3.16. The van der Waals surface area contributed by atoms with Gasteiger partial charge < -0.3 is 10.1 Å². The molecular weight excluding hydrogens is 381 g/mol. The van der Waals surface area contributed by atoms with E-state index in [-0.39, 0.29) is 6.04 Å². The second kappa shape index (κ2) is 6.45. The molecule has 2 aromatic rings. The van der Waals surface area contributed by atoms with Gasteiger partial charge in [0.15, 0.2) is 0 Å². The van der Waals surface area contributed by atoms with Gasteiger partial charge in [-0.05, 0) is 76.7 Å². The van der Waals surface area contributed by atoms with Crippen molar-refractivity contribution in [3.63, 3.8) is 0 Å². The van der Waals surface area contributed by atoms with Crippen LogP contribution >= 0.6 is 33.9 Å². The van der Waals surface area contributed by atoms with E-state index in [4.69, 9.17) is 4.74 Å². The summed E-state index contributed by atoms with van der Waals surface area (Å²) >= 11 is 4.17. The van der Waals surface area contributed by atoms with Crippen LogP contribution in [0.2, 0.25) is 0 Å².